The van der Waals surface area contributed by atoms with E-state index in [0.717, 1.165) is 34.8 Å². The highest BCUT2D eigenvalue weighted by molar-refractivity contribution is 5.99. The van der Waals surface area contributed by atoms with Gasteiger partial charge in [-0.3, -0.25) is 4.79 Å². The highest BCUT2D eigenvalue weighted by atomic mass is 16.1. The van der Waals surface area contributed by atoms with E-state index in [1.54, 1.807) is 12.3 Å². The number of hydrogen-bond acceptors (Lipinski definition) is 3. The molecule has 0 spiro atoms. The molecule has 0 radical (unpaired) electrons. The Kier molecular flexibility index (Phi) is 3.86. The molecule has 4 heteroatoms. The van der Waals surface area contributed by atoms with Crippen LogP contribution in [0.2, 0.25) is 0 Å². The zero-order valence-corrected chi connectivity index (χ0v) is 14.6. The summed E-state index contributed by atoms with van der Waals surface area (Å²) in [6, 6.07) is 3.93. The molecular formula is C20H27N3O. The van der Waals surface area contributed by atoms with Gasteiger partial charge in [0.2, 0.25) is 5.91 Å². The Bertz CT molecular complexity index is 623. The van der Waals surface area contributed by atoms with Gasteiger partial charge in [0, 0.05) is 11.6 Å². The minimum atomic E-state index is -0.0985. The lowest BCUT2D eigenvalue weighted by atomic mass is 9.53. The fourth-order valence-corrected chi connectivity index (χ4v) is 5.52. The largest absolute Gasteiger partial charge is 0.365 e. The van der Waals surface area contributed by atoms with Gasteiger partial charge in [-0.1, -0.05) is 5.57 Å². The summed E-state index contributed by atoms with van der Waals surface area (Å²) in [4.78, 5) is 16.3. The minimum Gasteiger partial charge on any atom is -0.365 e. The molecule has 0 aliphatic heterocycles. The molecule has 128 valence electrons. The SMILES string of the molecule is CC(C)=CC(=O)Nc1ccc(NC23CC4CC(CC(C4)C2)C3)nc1. The molecule has 0 unspecified atom stereocenters. The van der Waals surface area contributed by atoms with Crippen LogP contribution in [0.5, 0.6) is 0 Å². The molecule has 1 heterocycles. The number of rotatable bonds is 4. The van der Waals surface area contributed by atoms with E-state index in [-0.39, 0.29) is 11.4 Å². The van der Waals surface area contributed by atoms with Crippen molar-refractivity contribution in [2.45, 2.75) is 57.9 Å². The van der Waals surface area contributed by atoms with E-state index in [2.05, 4.69) is 15.6 Å². The zero-order chi connectivity index (χ0) is 16.7. The van der Waals surface area contributed by atoms with Gasteiger partial charge in [-0.05, 0) is 82.3 Å². The maximum absolute atomic E-state index is 11.8. The third kappa shape index (κ3) is 3.19. The lowest BCUT2D eigenvalue weighted by Crippen LogP contribution is -2.54. The molecule has 0 aromatic carbocycles. The average molecular weight is 325 g/mol. The summed E-state index contributed by atoms with van der Waals surface area (Å²) in [5.74, 6) is 3.61. The summed E-state index contributed by atoms with van der Waals surface area (Å²) in [5, 5.41) is 6.62. The van der Waals surface area contributed by atoms with Crippen molar-refractivity contribution in [3.8, 4) is 0 Å². The van der Waals surface area contributed by atoms with Crippen LogP contribution in [0.1, 0.15) is 52.4 Å². The molecule has 2 N–H and O–H groups in total. The van der Waals surface area contributed by atoms with E-state index in [9.17, 15) is 4.79 Å². The zero-order valence-electron chi connectivity index (χ0n) is 14.6. The predicted octanol–water partition coefficient (Wildman–Crippen LogP) is 4.37. The van der Waals surface area contributed by atoms with Crippen LogP contribution >= 0.6 is 0 Å². The number of allylic oxidation sites excluding steroid dienone is 1. The first-order valence-corrected chi connectivity index (χ1v) is 9.20. The van der Waals surface area contributed by atoms with Crippen LogP contribution in [0, 0.1) is 17.8 Å². The fourth-order valence-electron chi connectivity index (χ4n) is 5.52. The highest BCUT2D eigenvalue weighted by Crippen LogP contribution is 2.56. The molecule has 1 amide bonds. The number of pyridine rings is 1. The van der Waals surface area contributed by atoms with E-state index in [1.807, 2.05) is 26.0 Å². The molecule has 4 bridgehead atoms. The van der Waals surface area contributed by atoms with Gasteiger partial charge < -0.3 is 10.6 Å². The number of amides is 1. The van der Waals surface area contributed by atoms with Crippen molar-refractivity contribution in [1.82, 2.24) is 4.98 Å². The number of hydrogen-bond donors (Lipinski definition) is 2. The Labute approximate surface area is 144 Å². The van der Waals surface area contributed by atoms with Crippen molar-refractivity contribution in [2.75, 3.05) is 10.6 Å². The number of carbonyl (C=O) groups excluding carboxylic acids is 1. The Morgan fingerprint density at radius 2 is 1.75 bits per heavy atom. The second kappa shape index (κ2) is 5.91. The Hall–Kier alpha value is -1.84. The van der Waals surface area contributed by atoms with E-state index in [4.69, 9.17) is 0 Å². The molecule has 0 saturated heterocycles. The first-order valence-electron chi connectivity index (χ1n) is 9.20. The molecule has 24 heavy (non-hydrogen) atoms. The summed E-state index contributed by atoms with van der Waals surface area (Å²) < 4.78 is 0. The second-order valence-electron chi connectivity index (χ2n) is 8.47. The molecular weight excluding hydrogens is 298 g/mol. The van der Waals surface area contributed by atoms with Crippen molar-refractivity contribution in [2.24, 2.45) is 17.8 Å². The van der Waals surface area contributed by atoms with Crippen molar-refractivity contribution in [3.63, 3.8) is 0 Å². The molecule has 4 aliphatic rings. The lowest BCUT2D eigenvalue weighted by Gasteiger charge is -2.57. The van der Waals surface area contributed by atoms with Gasteiger partial charge in [0.05, 0.1) is 11.9 Å². The Morgan fingerprint density at radius 3 is 2.25 bits per heavy atom. The number of aromatic nitrogens is 1. The average Bonchev–Trinajstić information content (AvgIpc) is 2.46. The van der Waals surface area contributed by atoms with Crippen LogP contribution in [0.3, 0.4) is 0 Å². The maximum atomic E-state index is 11.8. The summed E-state index contributed by atoms with van der Waals surface area (Å²) in [5.41, 5.74) is 2.00. The molecule has 0 atom stereocenters. The van der Waals surface area contributed by atoms with Crippen LogP contribution in [-0.4, -0.2) is 16.4 Å². The molecule has 5 rings (SSSR count). The van der Waals surface area contributed by atoms with Crippen LogP contribution < -0.4 is 10.6 Å². The Balaban J connectivity index is 1.42. The topological polar surface area (TPSA) is 54.0 Å². The molecule has 4 saturated carbocycles. The summed E-state index contributed by atoms with van der Waals surface area (Å²) in [6.07, 6.45) is 11.6. The highest BCUT2D eigenvalue weighted by Gasteiger charge is 2.50. The van der Waals surface area contributed by atoms with Gasteiger partial charge in [-0.25, -0.2) is 4.98 Å². The lowest BCUT2D eigenvalue weighted by molar-refractivity contribution is -0.111. The van der Waals surface area contributed by atoms with Crippen molar-refractivity contribution >= 4 is 17.4 Å². The summed E-state index contributed by atoms with van der Waals surface area (Å²) >= 11 is 0. The minimum absolute atomic E-state index is 0.0985. The van der Waals surface area contributed by atoms with E-state index in [0.29, 0.717) is 0 Å². The predicted molar refractivity (Wildman–Crippen MR) is 96.8 cm³/mol. The molecule has 1 aromatic heterocycles. The monoisotopic (exact) mass is 325 g/mol. The number of anilines is 2. The standard InChI is InChI=1S/C20H27N3O/c1-13(2)5-19(24)22-17-3-4-18(21-12-17)23-20-9-14-6-15(10-20)8-16(7-14)11-20/h3-5,12,14-16H,6-11H2,1-2H3,(H,21,23)(H,22,24). The van der Waals surface area contributed by atoms with Crippen LogP contribution in [-0.2, 0) is 4.79 Å². The van der Waals surface area contributed by atoms with Gasteiger partial charge in [-0.15, -0.1) is 0 Å². The van der Waals surface area contributed by atoms with Crippen LogP contribution in [0.4, 0.5) is 11.5 Å². The van der Waals surface area contributed by atoms with E-state index >= 15 is 0 Å². The first kappa shape index (κ1) is 15.7. The number of nitrogens with zero attached hydrogens (tertiary/aromatic N) is 1. The van der Waals surface area contributed by atoms with Crippen molar-refractivity contribution in [3.05, 3.63) is 30.0 Å². The fraction of sp³-hybridized carbons (Fsp3) is 0.600. The van der Waals surface area contributed by atoms with E-state index in [1.165, 1.54) is 38.5 Å². The van der Waals surface area contributed by atoms with Gasteiger partial charge in [0.1, 0.15) is 5.82 Å². The normalized spacial score (nSPS) is 33.2. The smallest absolute Gasteiger partial charge is 0.248 e. The quantitative estimate of drug-likeness (QED) is 0.808. The molecule has 4 fully saturated rings. The van der Waals surface area contributed by atoms with Crippen LogP contribution in [0.25, 0.3) is 0 Å². The van der Waals surface area contributed by atoms with Crippen LogP contribution in [0.15, 0.2) is 30.0 Å². The van der Waals surface area contributed by atoms with Crippen molar-refractivity contribution < 1.29 is 4.79 Å². The van der Waals surface area contributed by atoms with Gasteiger partial charge in [0.25, 0.3) is 0 Å². The maximum Gasteiger partial charge on any atom is 0.248 e. The van der Waals surface area contributed by atoms with Crippen molar-refractivity contribution in [1.29, 1.82) is 0 Å². The van der Waals surface area contributed by atoms with E-state index < -0.39 is 0 Å². The van der Waals surface area contributed by atoms with Gasteiger partial charge in [-0.2, -0.15) is 0 Å². The summed E-state index contributed by atoms with van der Waals surface area (Å²) in [6.45, 7) is 3.83. The molecule has 1 aromatic rings. The molecule has 4 nitrogen and oxygen atoms in total. The summed E-state index contributed by atoms with van der Waals surface area (Å²) in [7, 11) is 0. The molecule has 4 aliphatic carbocycles. The number of nitrogens with one attached hydrogen (secondary N) is 2. The second-order valence-corrected chi connectivity index (χ2v) is 8.47. The third-order valence-corrected chi connectivity index (χ3v) is 5.88. The van der Waals surface area contributed by atoms with Gasteiger partial charge in [0.15, 0.2) is 0 Å². The van der Waals surface area contributed by atoms with Gasteiger partial charge >= 0.3 is 0 Å². The third-order valence-electron chi connectivity index (χ3n) is 5.88. The first-order chi connectivity index (χ1) is 11.5. The number of carbonyl (C=O) groups is 1. The Morgan fingerprint density at radius 1 is 1.12 bits per heavy atom.